The Hall–Kier alpha value is -1.76. The van der Waals surface area contributed by atoms with Gasteiger partial charge in [0.25, 0.3) is 0 Å². The quantitative estimate of drug-likeness (QED) is 0.474. The zero-order valence-corrected chi connectivity index (χ0v) is 16.2. The van der Waals surface area contributed by atoms with E-state index in [4.69, 9.17) is 10.00 Å². The average molecular weight is 380 g/mol. The zero-order chi connectivity index (χ0) is 18.8. The van der Waals surface area contributed by atoms with Gasteiger partial charge in [-0.25, -0.2) is 9.88 Å². The van der Waals surface area contributed by atoms with Crippen molar-refractivity contribution in [3.8, 4) is 6.07 Å². The lowest BCUT2D eigenvalue weighted by Crippen LogP contribution is -2.47. The molecule has 7 nitrogen and oxygen atoms in total. The number of amides is 1. The SMILES string of the molecule is CCOC(=O)CN1C(S)N(c2cnc(C#N)c(SC)c2)C(=O)C1(C)C. The van der Waals surface area contributed by atoms with Crippen LogP contribution in [0.25, 0.3) is 0 Å². The molecular weight excluding hydrogens is 360 g/mol. The van der Waals surface area contributed by atoms with Gasteiger partial charge in [-0.05, 0) is 33.1 Å². The van der Waals surface area contributed by atoms with Crippen molar-refractivity contribution in [2.45, 2.75) is 36.7 Å². The maximum absolute atomic E-state index is 12.9. The molecule has 0 aromatic carbocycles. The summed E-state index contributed by atoms with van der Waals surface area (Å²) in [4.78, 5) is 32.8. The highest BCUT2D eigenvalue weighted by atomic mass is 32.2. The Balaban J connectivity index is 2.38. The van der Waals surface area contributed by atoms with E-state index >= 15 is 0 Å². The summed E-state index contributed by atoms with van der Waals surface area (Å²) >= 11 is 5.92. The molecule has 2 heterocycles. The standard InChI is InChI=1S/C16H20N4O3S2/c1-5-23-13(21)9-19-15(24)20(14(22)16(19,2)3)10-6-12(25-4)11(7-17)18-8-10/h6,8,15,24H,5,9H2,1-4H3. The van der Waals surface area contributed by atoms with Crippen LogP contribution in [-0.4, -0.2) is 52.2 Å². The Morgan fingerprint density at radius 2 is 2.24 bits per heavy atom. The average Bonchev–Trinajstić information content (AvgIpc) is 2.74. The van der Waals surface area contributed by atoms with E-state index in [-0.39, 0.29) is 19.1 Å². The second kappa shape index (κ2) is 7.64. The van der Waals surface area contributed by atoms with Crippen molar-refractivity contribution in [3.05, 3.63) is 18.0 Å². The fourth-order valence-electron chi connectivity index (χ4n) is 2.63. The van der Waals surface area contributed by atoms with Crippen LogP contribution in [0.15, 0.2) is 17.2 Å². The second-order valence-electron chi connectivity index (χ2n) is 5.87. The molecule has 1 atom stereocenters. The highest BCUT2D eigenvalue weighted by molar-refractivity contribution is 7.98. The van der Waals surface area contributed by atoms with E-state index in [9.17, 15) is 9.59 Å². The van der Waals surface area contributed by atoms with Crippen molar-refractivity contribution in [1.82, 2.24) is 9.88 Å². The van der Waals surface area contributed by atoms with E-state index in [2.05, 4.69) is 17.6 Å². The van der Waals surface area contributed by atoms with Crippen molar-refractivity contribution in [2.75, 3.05) is 24.3 Å². The molecule has 9 heteroatoms. The maximum Gasteiger partial charge on any atom is 0.320 e. The lowest BCUT2D eigenvalue weighted by molar-refractivity contribution is -0.145. The van der Waals surface area contributed by atoms with Crippen molar-refractivity contribution < 1.29 is 14.3 Å². The van der Waals surface area contributed by atoms with Gasteiger partial charge >= 0.3 is 5.97 Å². The summed E-state index contributed by atoms with van der Waals surface area (Å²) in [5, 5.41) is 9.10. The third-order valence-electron chi connectivity index (χ3n) is 4.02. The highest BCUT2D eigenvalue weighted by Gasteiger charge is 2.52. The summed E-state index contributed by atoms with van der Waals surface area (Å²) in [6.07, 6.45) is 3.31. The summed E-state index contributed by atoms with van der Waals surface area (Å²) in [5.74, 6) is -0.609. The topological polar surface area (TPSA) is 86.5 Å². The van der Waals surface area contributed by atoms with Crippen LogP contribution in [0.2, 0.25) is 0 Å². The van der Waals surface area contributed by atoms with E-state index in [0.29, 0.717) is 16.3 Å². The van der Waals surface area contributed by atoms with Crippen LogP contribution in [0.1, 0.15) is 26.5 Å². The van der Waals surface area contributed by atoms with Gasteiger partial charge in [0.1, 0.15) is 18.1 Å². The molecule has 1 unspecified atom stereocenters. The van der Waals surface area contributed by atoms with Crippen LogP contribution in [0, 0.1) is 11.3 Å². The first-order valence-electron chi connectivity index (χ1n) is 7.66. The fourth-order valence-corrected chi connectivity index (χ4v) is 3.77. The Kier molecular flexibility index (Phi) is 5.98. The minimum absolute atomic E-state index is 0.0453. The zero-order valence-electron chi connectivity index (χ0n) is 14.5. The molecule has 1 aliphatic rings. The van der Waals surface area contributed by atoms with E-state index < -0.39 is 17.0 Å². The fraction of sp³-hybridized carbons (Fsp3) is 0.500. The monoisotopic (exact) mass is 380 g/mol. The molecule has 134 valence electrons. The van der Waals surface area contributed by atoms with Crippen LogP contribution < -0.4 is 4.90 Å². The van der Waals surface area contributed by atoms with Gasteiger partial charge in [0.2, 0.25) is 5.91 Å². The van der Waals surface area contributed by atoms with Gasteiger partial charge < -0.3 is 4.74 Å². The Labute approximate surface area is 156 Å². The van der Waals surface area contributed by atoms with Gasteiger partial charge in [-0.2, -0.15) is 5.26 Å². The number of carbonyl (C=O) groups is 2. The predicted octanol–water partition coefficient (Wildman–Crippen LogP) is 1.88. The van der Waals surface area contributed by atoms with Gasteiger partial charge in [-0.3, -0.25) is 14.5 Å². The number of rotatable bonds is 5. The first-order valence-corrected chi connectivity index (χ1v) is 9.40. The molecule has 0 saturated carbocycles. The van der Waals surface area contributed by atoms with Crippen LogP contribution in [0.4, 0.5) is 5.69 Å². The number of hydrogen-bond donors (Lipinski definition) is 1. The maximum atomic E-state index is 12.9. The summed E-state index contributed by atoms with van der Waals surface area (Å²) in [5.41, 5.74) is -0.725. The van der Waals surface area contributed by atoms with Gasteiger partial charge in [-0.15, -0.1) is 24.4 Å². The van der Waals surface area contributed by atoms with E-state index in [1.165, 1.54) is 22.9 Å². The number of carbonyl (C=O) groups excluding carboxylic acids is 2. The Morgan fingerprint density at radius 1 is 1.56 bits per heavy atom. The van der Waals surface area contributed by atoms with Gasteiger partial charge in [0.05, 0.1) is 24.0 Å². The van der Waals surface area contributed by atoms with Crippen molar-refractivity contribution >= 4 is 42.0 Å². The summed E-state index contributed by atoms with van der Waals surface area (Å²) < 4.78 is 4.99. The Morgan fingerprint density at radius 3 is 2.80 bits per heavy atom. The normalized spacial score (nSPS) is 19.8. The number of nitrogens with zero attached hydrogens (tertiary/aromatic N) is 4. The van der Waals surface area contributed by atoms with Crippen molar-refractivity contribution in [2.24, 2.45) is 0 Å². The third-order valence-corrected chi connectivity index (χ3v) is 5.28. The highest BCUT2D eigenvalue weighted by Crippen LogP contribution is 2.37. The van der Waals surface area contributed by atoms with Crippen LogP contribution in [0.5, 0.6) is 0 Å². The van der Waals surface area contributed by atoms with E-state index in [1.54, 1.807) is 31.7 Å². The molecule has 0 spiro atoms. The van der Waals surface area contributed by atoms with E-state index in [1.807, 2.05) is 12.3 Å². The molecule has 0 aliphatic carbocycles. The van der Waals surface area contributed by atoms with E-state index in [0.717, 1.165) is 0 Å². The van der Waals surface area contributed by atoms with Gasteiger partial charge in [-0.1, -0.05) is 0 Å². The van der Waals surface area contributed by atoms with Gasteiger partial charge in [0, 0.05) is 4.90 Å². The van der Waals surface area contributed by atoms with Crippen LogP contribution in [-0.2, 0) is 14.3 Å². The molecule has 0 radical (unpaired) electrons. The minimum atomic E-state index is -0.924. The molecule has 1 aromatic rings. The molecular formula is C16H20N4O3S2. The second-order valence-corrected chi connectivity index (χ2v) is 7.18. The third kappa shape index (κ3) is 3.61. The smallest absolute Gasteiger partial charge is 0.320 e. The lowest BCUT2D eigenvalue weighted by atomic mass is 10.0. The predicted molar refractivity (Wildman–Crippen MR) is 98.4 cm³/mol. The number of anilines is 1. The molecule has 1 aliphatic heterocycles. The number of pyridine rings is 1. The summed E-state index contributed by atoms with van der Waals surface area (Å²) in [7, 11) is 0. The summed E-state index contributed by atoms with van der Waals surface area (Å²) in [6.45, 7) is 5.44. The number of hydrogen-bond acceptors (Lipinski definition) is 8. The van der Waals surface area contributed by atoms with Gasteiger partial charge in [0.15, 0.2) is 5.69 Å². The molecule has 25 heavy (non-hydrogen) atoms. The molecule has 1 aromatic heterocycles. The largest absolute Gasteiger partial charge is 0.465 e. The molecule has 1 saturated heterocycles. The lowest BCUT2D eigenvalue weighted by Gasteiger charge is -2.29. The number of thiol groups is 1. The molecule has 1 amide bonds. The molecule has 2 rings (SSSR count). The first kappa shape index (κ1) is 19.6. The molecule has 1 fully saturated rings. The number of ether oxygens (including phenoxy) is 1. The summed E-state index contributed by atoms with van der Waals surface area (Å²) in [6, 6.07) is 3.76. The number of nitriles is 1. The molecule has 0 N–H and O–H groups in total. The number of thioether (sulfide) groups is 1. The van der Waals surface area contributed by atoms with Crippen LogP contribution >= 0.6 is 24.4 Å². The Bertz CT molecular complexity index is 733. The number of esters is 1. The molecule has 0 bridgehead atoms. The van der Waals surface area contributed by atoms with Crippen molar-refractivity contribution in [3.63, 3.8) is 0 Å². The first-order chi connectivity index (χ1) is 11.8. The van der Waals surface area contributed by atoms with Crippen molar-refractivity contribution in [1.29, 1.82) is 5.26 Å². The van der Waals surface area contributed by atoms with Crippen LogP contribution in [0.3, 0.4) is 0 Å². The number of aromatic nitrogens is 1. The minimum Gasteiger partial charge on any atom is -0.465 e.